The zero-order valence-electron chi connectivity index (χ0n) is 15.7. The quantitative estimate of drug-likeness (QED) is 0.572. The van der Waals surface area contributed by atoms with Crippen LogP contribution < -0.4 is 24.8 Å². The third kappa shape index (κ3) is 3.82. The molecule has 0 heterocycles. The third-order valence-electron chi connectivity index (χ3n) is 5.29. The Kier molecular flexibility index (Phi) is 7.74. The second kappa shape index (κ2) is 8.60. The van der Waals surface area contributed by atoms with Crippen molar-refractivity contribution in [3.63, 3.8) is 0 Å². The molecule has 0 N–H and O–H groups in total. The van der Waals surface area contributed by atoms with E-state index in [-0.39, 0.29) is 56.4 Å². The number of benzene rings is 2. The van der Waals surface area contributed by atoms with Crippen molar-refractivity contribution in [3.8, 4) is 11.1 Å². The van der Waals surface area contributed by atoms with Gasteiger partial charge in [-0.1, -0.05) is 81.0 Å². The maximum Gasteiger partial charge on any atom is 2.00 e. The van der Waals surface area contributed by atoms with Gasteiger partial charge in [0.1, 0.15) is 0 Å². The molecule has 2 aromatic carbocycles. The Hall–Kier alpha value is -0.617. The average molecular weight is 463 g/mol. The zero-order chi connectivity index (χ0) is 16.2. The molecule has 0 saturated heterocycles. The number of fused-ring (bicyclic) bond motifs is 3. The van der Waals surface area contributed by atoms with E-state index in [9.17, 15) is 0 Å². The van der Waals surface area contributed by atoms with E-state index in [0.29, 0.717) is 5.92 Å². The van der Waals surface area contributed by atoms with Crippen molar-refractivity contribution in [2.24, 2.45) is 0 Å². The topological polar surface area (TPSA) is 0 Å². The summed E-state index contributed by atoms with van der Waals surface area (Å²) in [6.07, 6.45) is 7.86. The first-order valence-electron chi connectivity index (χ1n) is 8.57. The van der Waals surface area contributed by atoms with Gasteiger partial charge >= 0.3 is 26.2 Å². The smallest absolute Gasteiger partial charge is 1.00 e. The van der Waals surface area contributed by atoms with Gasteiger partial charge in [0.2, 0.25) is 0 Å². The van der Waals surface area contributed by atoms with E-state index >= 15 is 0 Å². The second-order valence-electron chi connectivity index (χ2n) is 7.90. The van der Waals surface area contributed by atoms with Crippen molar-refractivity contribution < 1.29 is 51.0 Å². The molecule has 0 bridgehead atoms. The first kappa shape index (κ1) is 23.4. The van der Waals surface area contributed by atoms with Crippen LogP contribution >= 0.6 is 0 Å². The summed E-state index contributed by atoms with van der Waals surface area (Å²) in [5.41, 5.74) is 10.4. The van der Waals surface area contributed by atoms with Crippen molar-refractivity contribution in [1.82, 2.24) is 0 Å². The molecular formula is C23H24Cl2Zr. The van der Waals surface area contributed by atoms with Crippen molar-refractivity contribution in [1.29, 1.82) is 0 Å². The van der Waals surface area contributed by atoms with E-state index in [1.165, 1.54) is 39.0 Å². The van der Waals surface area contributed by atoms with Crippen LogP contribution in [-0.2, 0) is 31.6 Å². The molecular weight excluding hydrogens is 438 g/mol. The first-order valence-corrected chi connectivity index (χ1v) is 8.57. The van der Waals surface area contributed by atoms with Gasteiger partial charge in [-0.15, -0.1) is 0 Å². The standard InChI is InChI=1S/C23H24.2ClH.Zr/c1-15-8-7-11-19-21(15)20-14-17(23(2,3)4)12-13-18(20)22(19)16-9-5-6-10-16;;;/h5-9,11-14,22H,10H2,1-4H3;2*1H;/q;;;+2/p-2. The molecule has 0 aromatic heterocycles. The van der Waals surface area contributed by atoms with Gasteiger partial charge in [0.05, 0.1) is 0 Å². The molecule has 2 aromatic rings. The largest absolute Gasteiger partial charge is 2.00 e. The molecule has 2 aliphatic carbocycles. The number of rotatable bonds is 1. The minimum absolute atomic E-state index is 0. The molecule has 0 saturated carbocycles. The van der Waals surface area contributed by atoms with Crippen LogP contribution in [0.25, 0.3) is 11.1 Å². The molecule has 0 spiro atoms. The predicted octanol–water partition coefficient (Wildman–Crippen LogP) is 0.297. The van der Waals surface area contributed by atoms with E-state index in [4.69, 9.17) is 0 Å². The summed E-state index contributed by atoms with van der Waals surface area (Å²) >= 11 is 0. The van der Waals surface area contributed by atoms with Crippen LogP contribution in [0.1, 0.15) is 55.4 Å². The number of hydrogen-bond donors (Lipinski definition) is 0. The summed E-state index contributed by atoms with van der Waals surface area (Å²) in [6.45, 7) is 9.13. The number of hydrogen-bond acceptors (Lipinski definition) is 0. The van der Waals surface area contributed by atoms with E-state index in [2.05, 4.69) is 82.3 Å². The van der Waals surface area contributed by atoms with Gasteiger partial charge in [-0.2, -0.15) is 0 Å². The van der Waals surface area contributed by atoms with Crippen molar-refractivity contribution in [2.75, 3.05) is 0 Å². The van der Waals surface area contributed by atoms with Crippen LogP contribution in [0.2, 0.25) is 0 Å². The molecule has 1 unspecified atom stereocenters. The van der Waals surface area contributed by atoms with Crippen LogP contribution in [0.4, 0.5) is 0 Å². The SMILES string of the molecule is Cc1cccc2c1-c1cc(C(C)(C)C)ccc1C2C1=CC=CC1.[Cl-].[Cl-].[Zr+2]. The molecule has 3 heteroatoms. The van der Waals surface area contributed by atoms with E-state index in [0.717, 1.165) is 6.42 Å². The Morgan fingerprint density at radius 1 is 0.962 bits per heavy atom. The summed E-state index contributed by atoms with van der Waals surface area (Å²) in [7, 11) is 0. The minimum Gasteiger partial charge on any atom is -1.00 e. The van der Waals surface area contributed by atoms with Gasteiger partial charge in [0, 0.05) is 5.92 Å². The normalized spacial score (nSPS) is 16.6. The van der Waals surface area contributed by atoms with Crippen molar-refractivity contribution in [2.45, 2.75) is 45.4 Å². The van der Waals surface area contributed by atoms with Gasteiger partial charge in [-0.3, -0.25) is 0 Å². The summed E-state index contributed by atoms with van der Waals surface area (Å²) in [4.78, 5) is 0. The number of allylic oxidation sites excluding steroid dienone is 4. The molecule has 0 nitrogen and oxygen atoms in total. The molecule has 4 rings (SSSR count). The molecule has 26 heavy (non-hydrogen) atoms. The summed E-state index contributed by atoms with van der Waals surface area (Å²) in [5.74, 6) is 0.434. The third-order valence-corrected chi connectivity index (χ3v) is 5.29. The van der Waals surface area contributed by atoms with Crippen LogP contribution in [-0.4, -0.2) is 0 Å². The van der Waals surface area contributed by atoms with Gasteiger partial charge in [0.15, 0.2) is 0 Å². The maximum atomic E-state index is 2.43. The van der Waals surface area contributed by atoms with E-state index < -0.39 is 0 Å². The molecule has 0 amide bonds. The van der Waals surface area contributed by atoms with Crippen LogP contribution in [0.3, 0.4) is 0 Å². The molecule has 0 radical (unpaired) electrons. The minimum atomic E-state index is 0. The fraction of sp³-hybridized carbons (Fsp3) is 0.304. The molecule has 0 aliphatic heterocycles. The molecule has 2 aliphatic rings. The van der Waals surface area contributed by atoms with E-state index in [1.807, 2.05) is 0 Å². The van der Waals surface area contributed by atoms with Gasteiger partial charge in [0.25, 0.3) is 0 Å². The van der Waals surface area contributed by atoms with Crippen LogP contribution in [0.5, 0.6) is 0 Å². The number of aryl methyl sites for hydroxylation is 1. The van der Waals surface area contributed by atoms with Gasteiger partial charge in [-0.25, -0.2) is 0 Å². The zero-order valence-corrected chi connectivity index (χ0v) is 19.7. The Labute approximate surface area is 189 Å². The van der Waals surface area contributed by atoms with Gasteiger partial charge < -0.3 is 24.8 Å². The number of halogens is 2. The molecule has 0 fully saturated rings. The van der Waals surface area contributed by atoms with E-state index in [1.54, 1.807) is 0 Å². The summed E-state index contributed by atoms with van der Waals surface area (Å²) in [6, 6.07) is 13.9. The summed E-state index contributed by atoms with van der Waals surface area (Å²) in [5, 5.41) is 0. The fourth-order valence-electron chi connectivity index (χ4n) is 4.03. The fourth-order valence-corrected chi connectivity index (χ4v) is 4.03. The Balaban J connectivity index is 0.00000113. The molecule has 1 atom stereocenters. The van der Waals surface area contributed by atoms with Gasteiger partial charge in [-0.05, 0) is 52.1 Å². The Morgan fingerprint density at radius 2 is 1.69 bits per heavy atom. The summed E-state index contributed by atoms with van der Waals surface area (Å²) < 4.78 is 0. The Morgan fingerprint density at radius 3 is 2.31 bits per heavy atom. The monoisotopic (exact) mass is 460 g/mol. The van der Waals surface area contributed by atoms with Crippen LogP contribution in [0.15, 0.2) is 60.2 Å². The van der Waals surface area contributed by atoms with Crippen molar-refractivity contribution in [3.05, 3.63) is 82.5 Å². The Bertz CT molecular complexity index is 857. The second-order valence-corrected chi connectivity index (χ2v) is 7.90. The average Bonchev–Trinajstić information content (AvgIpc) is 3.10. The predicted molar refractivity (Wildman–Crippen MR) is 99.0 cm³/mol. The first-order chi connectivity index (χ1) is 11.0. The maximum absolute atomic E-state index is 2.43. The molecule has 134 valence electrons. The van der Waals surface area contributed by atoms with Crippen LogP contribution in [0, 0.1) is 6.92 Å². The van der Waals surface area contributed by atoms with Crippen molar-refractivity contribution >= 4 is 0 Å².